The number of amides is 1. The van der Waals surface area contributed by atoms with Gasteiger partial charge in [-0.3, -0.25) is 9.48 Å². The lowest BCUT2D eigenvalue weighted by atomic mass is 10.0. The summed E-state index contributed by atoms with van der Waals surface area (Å²) in [6.07, 6.45) is 1.86. The van der Waals surface area contributed by atoms with Gasteiger partial charge in [0.2, 0.25) is 5.91 Å². The van der Waals surface area contributed by atoms with E-state index in [-0.39, 0.29) is 5.91 Å². The van der Waals surface area contributed by atoms with Crippen molar-refractivity contribution in [1.82, 2.24) is 20.4 Å². The number of aryl methyl sites for hydroxylation is 1. The Kier molecular flexibility index (Phi) is 4.06. The van der Waals surface area contributed by atoms with E-state index in [0.29, 0.717) is 6.54 Å². The summed E-state index contributed by atoms with van der Waals surface area (Å²) in [4.78, 5) is 11.8. The predicted octanol–water partition coefficient (Wildman–Crippen LogP) is 0.424. The fraction of sp³-hybridized carbons (Fsp3) is 0.636. The van der Waals surface area contributed by atoms with Gasteiger partial charge in [-0.2, -0.15) is 5.10 Å². The largest absolute Gasteiger partial charge is 0.349 e. The summed E-state index contributed by atoms with van der Waals surface area (Å²) < 4.78 is 1.72. The average molecular weight is 224 g/mol. The second kappa shape index (κ2) is 5.12. The molecule has 0 saturated heterocycles. The van der Waals surface area contributed by atoms with E-state index in [4.69, 9.17) is 0 Å². The Morgan fingerprint density at radius 2 is 2.25 bits per heavy atom. The normalized spacial score (nSPS) is 11.5. The number of hydrogen-bond donors (Lipinski definition) is 2. The van der Waals surface area contributed by atoms with Crippen LogP contribution >= 0.6 is 0 Å². The summed E-state index contributed by atoms with van der Waals surface area (Å²) in [5.74, 6) is -0.0139. The van der Waals surface area contributed by atoms with Crippen LogP contribution in [0.4, 0.5) is 0 Å². The van der Waals surface area contributed by atoms with Crippen LogP contribution < -0.4 is 10.6 Å². The number of aromatic nitrogens is 2. The third kappa shape index (κ3) is 3.34. The number of rotatable bonds is 5. The van der Waals surface area contributed by atoms with Crippen LogP contribution in [-0.2, 0) is 18.4 Å². The molecule has 1 aromatic rings. The lowest BCUT2D eigenvalue weighted by Gasteiger charge is -2.24. The summed E-state index contributed by atoms with van der Waals surface area (Å²) in [5.41, 5.74) is 0.326. The Morgan fingerprint density at radius 1 is 1.56 bits per heavy atom. The molecule has 0 unspecified atom stereocenters. The molecule has 1 rings (SSSR count). The third-order valence-electron chi connectivity index (χ3n) is 2.39. The minimum absolute atomic E-state index is 0.0139. The van der Waals surface area contributed by atoms with Gasteiger partial charge in [-0.15, -0.1) is 0 Å². The highest BCUT2D eigenvalue weighted by atomic mass is 16.2. The monoisotopic (exact) mass is 224 g/mol. The zero-order valence-electron chi connectivity index (χ0n) is 10.4. The molecule has 0 aromatic carbocycles. The summed E-state index contributed by atoms with van der Waals surface area (Å²) in [6, 6.07) is 1.89. The van der Waals surface area contributed by atoms with Gasteiger partial charge >= 0.3 is 0 Å². The van der Waals surface area contributed by atoms with Gasteiger partial charge in [-0.25, -0.2) is 0 Å². The van der Waals surface area contributed by atoms with Crippen LogP contribution in [0.1, 0.15) is 26.5 Å². The third-order valence-corrected chi connectivity index (χ3v) is 2.39. The van der Waals surface area contributed by atoms with Crippen LogP contribution in [0, 0.1) is 0 Å². The minimum Gasteiger partial charge on any atom is -0.349 e. The Hall–Kier alpha value is -1.36. The van der Waals surface area contributed by atoms with Crippen LogP contribution in [-0.4, -0.2) is 27.8 Å². The average Bonchev–Trinajstić information content (AvgIpc) is 2.60. The fourth-order valence-electron chi connectivity index (χ4n) is 1.47. The maximum Gasteiger partial charge on any atom is 0.240 e. The molecular formula is C11H20N4O. The van der Waals surface area contributed by atoms with Crippen LogP contribution in [0.15, 0.2) is 12.3 Å². The zero-order valence-corrected chi connectivity index (χ0v) is 10.4. The number of hydrogen-bond acceptors (Lipinski definition) is 3. The van der Waals surface area contributed by atoms with E-state index in [0.717, 1.165) is 12.2 Å². The van der Waals surface area contributed by atoms with E-state index >= 15 is 0 Å². The van der Waals surface area contributed by atoms with Crippen molar-refractivity contribution in [2.45, 2.75) is 32.9 Å². The van der Waals surface area contributed by atoms with E-state index < -0.39 is 5.54 Å². The first kappa shape index (κ1) is 12.7. The van der Waals surface area contributed by atoms with E-state index in [1.807, 2.05) is 40.1 Å². The lowest BCUT2D eigenvalue weighted by molar-refractivity contribution is -0.126. The van der Waals surface area contributed by atoms with Crippen molar-refractivity contribution in [2.75, 3.05) is 6.54 Å². The van der Waals surface area contributed by atoms with Crippen molar-refractivity contribution >= 4 is 5.91 Å². The smallest absolute Gasteiger partial charge is 0.240 e. The molecule has 0 aliphatic heterocycles. The van der Waals surface area contributed by atoms with Crippen molar-refractivity contribution < 1.29 is 4.79 Å². The standard InChI is InChI=1S/C11H20N4O/c1-5-13-11(2,3)10(16)12-8-9-6-7-15(4)14-9/h6-7,13H,5,8H2,1-4H3,(H,12,16). The number of nitrogens with one attached hydrogen (secondary N) is 2. The van der Waals surface area contributed by atoms with E-state index in [1.165, 1.54) is 0 Å². The Bertz CT molecular complexity index is 357. The first-order valence-electron chi connectivity index (χ1n) is 5.47. The number of carbonyl (C=O) groups excluding carboxylic acids is 1. The molecule has 90 valence electrons. The molecule has 0 radical (unpaired) electrons. The van der Waals surface area contributed by atoms with Gasteiger partial charge in [-0.1, -0.05) is 6.92 Å². The van der Waals surface area contributed by atoms with Crippen LogP contribution in [0.2, 0.25) is 0 Å². The predicted molar refractivity (Wildman–Crippen MR) is 62.8 cm³/mol. The molecule has 0 aliphatic rings. The van der Waals surface area contributed by atoms with Crippen molar-refractivity contribution in [3.63, 3.8) is 0 Å². The Labute approximate surface area is 96.2 Å². The molecule has 5 nitrogen and oxygen atoms in total. The van der Waals surface area contributed by atoms with Crippen LogP contribution in [0.25, 0.3) is 0 Å². The SMILES string of the molecule is CCNC(C)(C)C(=O)NCc1ccn(C)n1. The molecule has 0 atom stereocenters. The highest BCUT2D eigenvalue weighted by Crippen LogP contribution is 2.02. The molecular weight excluding hydrogens is 204 g/mol. The van der Waals surface area contributed by atoms with Gasteiger partial charge in [0.25, 0.3) is 0 Å². The van der Waals surface area contributed by atoms with Gasteiger partial charge in [0, 0.05) is 13.2 Å². The topological polar surface area (TPSA) is 59.0 Å². The van der Waals surface area contributed by atoms with Gasteiger partial charge in [0.15, 0.2) is 0 Å². The highest BCUT2D eigenvalue weighted by molar-refractivity contribution is 5.85. The molecule has 5 heteroatoms. The summed E-state index contributed by atoms with van der Waals surface area (Å²) >= 11 is 0. The molecule has 1 aromatic heterocycles. The summed E-state index contributed by atoms with van der Waals surface area (Å²) in [6.45, 7) is 6.95. The molecule has 1 amide bonds. The molecule has 0 bridgehead atoms. The van der Waals surface area contributed by atoms with Crippen molar-refractivity contribution in [1.29, 1.82) is 0 Å². The molecule has 0 aliphatic carbocycles. The number of likely N-dealkylation sites (N-methyl/N-ethyl adjacent to an activating group) is 1. The first-order valence-corrected chi connectivity index (χ1v) is 5.47. The van der Waals surface area contributed by atoms with Crippen molar-refractivity contribution in [3.8, 4) is 0 Å². The van der Waals surface area contributed by atoms with E-state index in [9.17, 15) is 4.79 Å². The Morgan fingerprint density at radius 3 is 2.75 bits per heavy atom. The van der Waals surface area contributed by atoms with Gasteiger partial charge < -0.3 is 10.6 Å². The minimum atomic E-state index is -0.538. The fourth-order valence-corrected chi connectivity index (χ4v) is 1.47. The van der Waals surface area contributed by atoms with Crippen LogP contribution in [0.3, 0.4) is 0 Å². The van der Waals surface area contributed by atoms with Gasteiger partial charge in [0.1, 0.15) is 0 Å². The summed E-state index contributed by atoms with van der Waals surface area (Å²) in [7, 11) is 1.86. The van der Waals surface area contributed by atoms with E-state index in [2.05, 4.69) is 15.7 Å². The van der Waals surface area contributed by atoms with E-state index in [1.54, 1.807) is 4.68 Å². The zero-order chi connectivity index (χ0) is 12.2. The molecule has 0 fully saturated rings. The second-order valence-corrected chi connectivity index (χ2v) is 4.32. The first-order chi connectivity index (χ1) is 7.45. The lowest BCUT2D eigenvalue weighted by Crippen LogP contribution is -2.52. The van der Waals surface area contributed by atoms with Gasteiger partial charge in [0.05, 0.1) is 17.8 Å². The number of carbonyl (C=O) groups is 1. The maximum atomic E-state index is 11.8. The van der Waals surface area contributed by atoms with Gasteiger partial charge in [-0.05, 0) is 26.5 Å². The highest BCUT2D eigenvalue weighted by Gasteiger charge is 2.25. The van der Waals surface area contributed by atoms with Crippen molar-refractivity contribution in [3.05, 3.63) is 18.0 Å². The summed E-state index contributed by atoms with van der Waals surface area (Å²) in [5, 5.41) is 10.2. The Balaban J connectivity index is 2.46. The van der Waals surface area contributed by atoms with Crippen molar-refractivity contribution in [2.24, 2.45) is 7.05 Å². The molecule has 1 heterocycles. The quantitative estimate of drug-likeness (QED) is 0.762. The number of nitrogens with zero attached hydrogens (tertiary/aromatic N) is 2. The molecule has 16 heavy (non-hydrogen) atoms. The van der Waals surface area contributed by atoms with Crippen LogP contribution in [0.5, 0.6) is 0 Å². The molecule has 0 saturated carbocycles. The second-order valence-electron chi connectivity index (χ2n) is 4.32. The molecule has 0 spiro atoms. The molecule has 2 N–H and O–H groups in total. The maximum absolute atomic E-state index is 11.8.